The third-order valence-corrected chi connectivity index (χ3v) is 2.21. The molecule has 0 aromatic carbocycles. The van der Waals surface area contributed by atoms with Gasteiger partial charge in [0.05, 0.1) is 0 Å². The molecule has 54 valence electrons. The predicted octanol–water partition coefficient (Wildman–Crippen LogP) is 2.66. The van der Waals surface area contributed by atoms with Crippen LogP contribution in [0.15, 0.2) is 11.6 Å². The molecular weight excluding hydrogens is 148 g/mol. The highest BCUT2D eigenvalue weighted by molar-refractivity contribution is 7.99. The smallest absolute Gasteiger partial charge is 0.0138 e. The third kappa shape index (κ3) is 6.32. The van der Waals surface area contributed by atoms with Gasteiger partial charge < -0.3 is 0 Å². The molecule has 0 aliphatic heterocycles. The van der Waals surface area contributed by atoms with Gasteiger partial charge >= 0.3 is 0 Å². The van der Waals surface area contributed by atoms with Crippen molar-refractivity contribution < 1.29 is 0 Å². The maximum atomic E-state index is 2.29. The van der Waals surface area contributed by atoms with Crippen LogP contribution in [0.25, 0.3) is 0 Å². The SMILES string of the molecule is CSC/C=C(/C)CSC. The van der Waals surface area contributed by atoms with E-state index in [1.165, 1.54) is 11.3 Å². The fraction of sp³-hybridized carbons (Fsp3) is 0.714. The van der Waals surface area contributed by atoms with Crippen LogP contribution in [0.4, 0.5) is 0 Å². The molecule has 0 unspecified atom stereocenters. The van der Waals surface area contributed by atoms with Crippen molar-refractivity contribution in [1.29, 1.82) is 0 Å². The van der Waals surface area contributed by atoms with Crippen LogP contribution < -0.4 is 0 Å². The number of thioether (sulfide) groups is 2. The lowest BCUT2D eigenvalue weighted by atomic mass is 10.3. The molecule has 0 radical (unpaired) electrons. The van der Waals surface area contributed by atoms with Gasteiger partial charge in [0.25, 0.3) is 0 Å². The molecule has 9 heavy (non-hydrogen) atoms. The normalized spacial score (nSPS) is 12.1. The minimum absolute atomic E-state index is 1.16. The van der Waals surface area contributed by atoms with Crippen molar-refractivity contribution in [2.75, 3.05) is 24.0 Å². The fourth-order valence-electron chi connectivity index (χ4n) is 0.512. The molecule has 0 nitrogen and oxygen atoms in total. The molecular formula is C7H14S2. The van der Waals surface area contributed by atoms with Gasteiger partial charge in [-0.3, -0.25) is 0 Å². The molecule has 0 heterocycles. The first-order valence-electron chi connectivity index (χ1n) is 2.94. The van der Waals surface area contributed by atoms with Gasteiger partial charge in [-0.1, -0.05) is 11.6 Å². The average molecular weight is 162 g/mol. The lowest BCUT2D eigenvalue weighted by molar-refractivity contribution is 1.39. The largest absolute Gasteiger partial charge is 0.161 e. The zero-order chi connectivity index (χ0) is 7.11. The van der Waals surface area contributed by atoms with Gasteiger partial charge in [0.2, 0.25) is 0 Å². The van der Waals surface area contributed by atoms with Crippen LogP contribution in [0, 0.1) is 0 Å². The second-order valence-electron chi connectivity index (χ2n) is 1.94. The van der Waals surface area contributed by atoms with E-state index in [1.807, 2.05) is 23.5 Å². The monoisotopic (exact) mass is 162 g/mol. The van der Waals surface area contributed by atoms with E-state index < -0.39 is 0 Å². The molecule has 0 spiro atoms. The van der Waals surface area contributed by atoms with Gasteiger partial charge in [0.15, 0.2) is 0 Å². The summed E-state index contributed by atoms with van der Waals surface area (Å²) in [6, 6.07) is 0. The van der Waals surface area contributed by atoms with E-state index in [-0.39, 0.29) is 0 Å². The Kier molecular flexibility index (Phi) is 6.88. The van der Waals surface area contributed by atoms with Gasteiger partial charge in [0.1, 0.15) is 0 Å². The second-order valence-corrected chi connectivity index (χ2v) is 3.72. The number of hydrogen-bond donors (Lipinski definition) is 0. The van der Waals surface area contributed by atoms with Crippen molar-refractivity contribution in [3.63, 3.8) is 0 Å². The van der Waals surface area contributed by atoms with Crippen molar-refractivity contribution in [3.8, 4) is 0 Å². The summed E-state index contributed by atoms with van der Waals surface area (Å²) >= 11 is 3.75. The second kappa shape index (κ2) is 6.56. The summed E-state index contributed by atoms with van der Waals surface area (Å²) in [5.41, 5.74) is 1.50. The van der Waals surface area contributed by atoms with E-state index >= 15 is 0 Å². The molecule has 0 rings (SSSR count). The van der Waals surface area contributed by atoms with E-state index in [4.69, 9.17) is 0 Å². The maximum absolute atomic E-state index is 2.29. The Morgan fingerprint density at radius 3 is 2.44 bits per heavy atom. The Morgan fingerprint density at radius 1 is 1.33 bits per heavy atom. The zero-order valence-corrected chi connectivity index (χ0v) is 7.94. The van der Waals surface area contributed by atoms with Crippen LogP contribution in [0.3, 0.4) is 0 Å². The molecule has 0 N–H and O–H groups in total. The predicted molar refractivity (Wildman–Crippen MR) is 50.5 cm³/mol. The molecule has 0 bridgehead atoms. The van der Waals surface area contributed by atoms with E-state index in [2.05, 4.69) is 25.5 Å². The molecule has 0 aromatic heterocycles. The molecule has 0 aliphatic carbocycles. The molecule has 0 saturated heterocycles. The highest BCUT2D eigenvalue weighted by Crippen LogP contribution is 2.04. The average Bonchev–Trinajstić information content (AvgIpc) is 1.85. The first-order valence-corrected chi connectivity index (χ1v) is 5.73. The molecule has 0 aromatic rings. The van der Waals surface area contributed by atoms with Gasteiger partial charge in [-0.05, 0) is 19.4 Å². The van der Waals surface area contributed by atoms with Crippen molar-refractivity contribution in [3.05, 3.63) is 11.6 Å². The van der Waals surface area contributed by atoms with Crippen LogP contribution in [0.2, 0.25) is 0 Å². The Morgan fingerprint density at radius 2 is 2.00 bits per heavy atom. The van der Waals surface area contributed by atoms with E-state index in [1.54, 1.807) is 0 Å². The van der Waals surface area contributed by atoms with E-state index in [0.29, 0.717) is 0 Å². The van der Waals surface area contributed by atoms with Crippen LogP contribution >= 0.6 is 23.5 Å². The minimum Gasteiger partial charge on any atom is -0.161 e. The Balaban J connectivity index is 3.30. The Labute approximate surface area is 66.5 Å². The van der Waals surface area contributed by atoms with Gasteiger partial charge in [-0.2, -0.15) is 23.5 Å². The highest BCUT2D eigenvalue weighted by Gasteiger charge is 1.84. The molecule has 0 atom stereocenters. The van der Waals surface area contributed by atoms with Crippen LogP contribution in [0.5, 0.6) is 0 Å². The topological polar surface area (TPSA) is 0 Å². The van der Waals surface area contributed by atoms with E-state index in [0.717, 1.165) is 5.75 Å². The van der Waals surface area contributed by atoms with Crippen LogP contribution in [0.1, 0.15) is 6.92 Å². The lowest BCUT2D eigenvalue weighted by Gasteiger charge is -1.94. The Hall–Kier alpha value is 0.440. The quantitative estimate of drug-likeness (QED) is 0.583. The summed E-state index contributed by atoms with van der Waals surface area (Å²) in [4.78, 5) is 0. The Bertz CT molecular complexity index is 86.9. The van der Waals surface area contributed by atoms with Crippen molar-refractivity contribution in [1.82, 2.24) is 0 Å². The summed E-state index contributed by atoms with van der Waals surface area (Å²) in [5, 5.41) is 0. The van der Waals surface area contributed by atoms with E-state index in [9.17, 15) is 0 Å². The van der Waals surface area contributed by atoms with Gasteiger partial charge in [-0.15, -0.1) is 0 Å². The molecule has 2 heteroatoms. The fourth-order valence-corrected chi connectivity index (χ4v) is 1.54. The van der Waals surface area contributed by atoms with Crippen molar-refractivity contribution in [2.24, 2.45) is 0 Å². The van der Waals surface area contributed by atoms with Crippen molar-refractivity contribution in [2.45, 2.75) is 6.92 Å². The number of rotatable bonds is 4. The first kappa shape index (κ1) is 9.44. The minimum atomic E-state index is 1.16. The van der Waals surface area contributed by atoms with Crippen LogP contribution in [-0.4, -0.2) is 24.0 Å². The lowest BCUT2D eigenvalue weighted by Crippen LogP contribution is -1.80. The zero-order valence-electron chi connectivity index (χ0n) is 6.31. The highest BCUT2D eigenvalue weighted by atomic mass is 32.2. The summed E-state index contributed by atoms with van der Waals surface area (Å²) < 4.78 is 0. The number of hydrogen-bond acceptors (Lipinski definition) is 2. The van der Waals surface area contributed by atoms with Gasteiger partial charge in [0, 0.05) is 11.5 Å². The molecule has 0 aliphatic rings. The summed E-state index contributed by atoms with van der Waals surface area (Å²) in [6.45, 7) is 2.19. The third-order valence-electron chi connectivity index (χ3n) is 0.970. The molecule has 0 amide bonds. The van der Waals surface area contributed by atoms with Crippen LogP contribution in [-0.2, 0) is 0 Å². The molecule has 0 saturated carbocycles. The first-order chi connectivity index (χ1) is 4.31. The van der Waals surface area contributed by atoms with Gasteiger partial charge in [-0.25, -0.2) is 0 Å². The maximum Gasteiger partial charge on any atom is 0.0138 e. The standard InChI is InChI=1S/C7H14S2/c1-7(6-9-3)4-5-8-2/h4H,5-6H2,1-3H3/b7-4-. The summed E-state index contributed by atoms with van der Waals surface area (Å²) in [7, 11) is 0. The molecule has 0 fully saturated rings. The van der Waals surface area contributed by atoms with Crippen molar-refractivity contribution >= 4 is 23.5 Å². The summed E-state index contributed by atoms with van der Waals surface area (Å²) in [6.07, 6.45) is 6.56. The summed E-state index contributed by atoms with van der Waals surface area (Å²) in [5.74, 6) is 2.34.